The van der Waals surface area contributed by atoms with Crippen LogP contribution in [-0.4, -0.2) is 21.9 Å². The largest absolute Gasteiger partial charge is 0.293 e. The first-order valence-corrected chi connectivity index (χ1v) is 11.5. The second-order valence-corrected chi connectivity index (χ2v) is 8.87. The lowest BCUT2D eigenvalue weighted by Crippen LogP contribution is -2.19. The second-order valence-electron chi connectivity index (χ2n) is 7.58. The van der Waals surface area contributed by atoms with E-state index in [9.17, 15) is 4.79 Å². The van der Waals surface area contributed by atoms with Crippen LogP contribution in [0.1, 0.15) is 21.6 Å². The van der Waals surface area contributed by atoms with Crippen molar-refractivity contribution in [3.63, 3.8) is 0 Å². The maximum Gasteiger partial charge on any atom is 0.293 e. The number of amides is 1. The molecule has 0 saturated carbocycles. The Hall–Kier alpha value is -3.48. The van der Waals surface area contributed by atoms with E-state index >= 15 is 0 Å². The zero-order chi connectivity index (χ0) is 22.8. The molecule has 7 heteroatoms. The average molecular weight is 518 g/mol. The molecule has 0 aliphatic heterocycles. The van der Waals surface area contributed by atoms with E-state index in [0.717, 1.165) is 32.7 Å². The molecule has 0 aliphatic carbocycles. The number of nitrogens with zero attached hydrogens (tertiary/aromatic N) is 3. The van der Waals surface area contributed by atoms with Crippen molar-refractivity contribution in [3.8, 4) is 0 Å². The van der Waals surface area contributed by atoms with Gasteiger partial charge in [-0.15, -0.1) is 0 Å². The predicted molar refractivity (Wildman–Crippen MR) is 137 cm³/mol. The Morgan fingerprint density at radius 2 is 1.64 bits per heavy atom. The summed E-state index contributed by atoms with van der Waals surface area (Å²) in [5.74, 6) is -0.391. The topological polar surface area (TPSA) is 59.3 Å². The van der Waals surface area contributed by atoms with Gasteiger partial charge in [0.2, 0.25) is 0 Å². The summed E-state index contributed by atoms with van der Waals surface area (Å²) in [6, 6.07) is 25.9. The van der Waals surface area contributed by atoms with Crippen LogP contribution in [-0.2, 0) is 6.54 Å². The number of hydrogen-bond acceptors (Lipinski definition) is 3. The smallest absolute Gasteiger partial charge is 0.266 e. The van der Waals surface area contributed by atoms with Gasteiger partial charge in [-0.25, -0.2) is 5.43 Å². The van der Waals surface area contributed by atoms with Gasteiger partial charge in [-0.05, 0) is 61.2 Å². The van der Waals surface area contributed by atoms with Gasteiger partial charge < -0.3 is 0 Å². The molecule has 33 heavy (non-hydrogen) atoms. The Balaban J connectivity index is 1.38. The lowest BCUT2D eigenvalue weighted by atomic mass is 9.97. The Morgan fingerprint density at radius 1 is 1.00 bits per heavy atom. The van der Waals surface area contributed by atoms with Crippen molar-refractivity contribution >= 4 is 61.2 Å². The molecule has 0 aliphatic rings. The molecule has 0 atom stereocenters. The minimum atomic E-state index is -0.391. The second kappa shape index (κ2) is 9.17. The number of halogens is 2. The standard InChI is InChI=1S/C26H18BrClN4O/c27-24-16-32(15-17-9-11-20(28)12-10-17)31-25(24)26(33)30-29-14-23-21-7-3-1-5-18(21)13-19-6-2-4-8-22(19)23/h1-14,16H,15H2,(H,30,33)/b29-14-. The average Bonchev–Trinajstić information content (AvgIpc) is 3.20. The summed E-state index contributed by atoms with van der Waals surface area (Å²) in [4.78, 5) is 12.7. The van der Waals surface area contributed by atoms with Crippen LogP contribution in [0.4, 0.5) is 0 Å². The summed E-state index contributed by atoms with van der Waals surface area (Å²) in [5.41, 5.74) is 4.86. The van der Waals surface area contributed by atoms with Crippen molar-refractivity contribution < 1.29 is 4.79 Å². The van der Waals surface area contributed by atoms with Gasteiger partial charge in [0, 0.05) is 16.8 Å². The maximum absolute atomic E-state index is 12.7. The molecule has 5 rings (SSSR count). The Kier molecular flexibility index (Phi) is 5.94. The van der Waals surface area contributed by atoms with Crippen molar-refractivity contribution in [3.05, 3.63) is 111 Å². The number of hydrazone groups is 1. The van der Waals surface area contributed by atoms with Crippen LogP contribution < -0.4 is 5.43 Å². The van der Waals surface area contributed by atoms with E-state index in [1.807, 2.05) is 48.5 Å². The van der Waals surface area contributed by atoms with Crippen LogP contribution in [0.25, 0.3) is 21.5 Å². The minimum absolute atomic E-state index is 0.267. The number of nitrogens with one attached hydrogen (secondary N) is 1. The third-order valence-corrected chi connectivity index (χ3v) is 6.19. The van der Waals surface area contributed by atoms with Gasteiger partial charge >= 0.3 is 0 Å². The number of hydrogen-bond donors (Lipinski definition) is 1. The fourth-order valence-electron chi connectivity index (χ4n) is 3.81. The molecule has 0 saturated heterocycles. The summed E-state index contributed by atoms with van der Waals surface area (Å²) in [5, 5.41) is 13.7. The van der Waals surface area contributed by atoms with Crippen molar-refractivity contribution in [2.24, 2.45) is 5.10 Å². The normalized spacial score (nSPS) is 11.5. The van der Waals surface area contributed by atoms with E-state index in [1.165, 1.54) is 0 Å². The van der Waals surface area contributed by atoms with E-state index in [0.29, 0.717) is 16.0 Å². The van der Waals surface area contributed by atoms with Gasteiger partial charge in [-0.3, -0.25) is 9.48 Å². The lowest BCUT2D eigenvalue weighted by Gasteiger charge is -2.07. The molecule has 1 aromatic heterocycles. The number of aromatic nitrogens is 2. The van der Waals surface area contributed by atoms with E-state index in [2.05, 4.69) is 61.9 Å². The zero-order valence-electron chi connectivity index (χ0n) is 17.4. The van der Waals surface area contributed by atoms with E-state index in [1.54, 1.807) is 17.1 Å². The molecule has 0 unspecified atom stereocenters. The molecule has 5 aromatic rings. The highest BCUT2D eigenvalue weighted by Gasteiger charge is 2.15. The van der Waals surface area contributed by atoms with Gasteiger partial charge in [-0.2, -0.15) is 10.2 Å². The van der Waals surface area contributed by atoms with E-state index in [-0.39, 0.29) is 5.69 Å². The number of benzene rings is 4. The van der Waals surface area contributed by atoms with Crippen molar-refractivity contribution in [2.75, 3.05) is 0 Å². The molecule has 162 valence electrons. The van der Waals surface area contributed by atoms with Crippen LogP contribution >= 0.6 is 27.5 Å². The summed E-state index contributed by atoms with van der Waals surface area (Å²) in [6.07, 6.45) is 3.46. The van der Waals surface area contributed by atoms with Crippen LogP contribution in [0.15, 0.2) is 94.6 Å². The van der Waals surface area contributed by atoms with Crippen molar-refractivity contribution in [2.45, 2.75) is 6.54 Å². The van der Waals surface area contributed by atoms with Crippen LogP contribution in [0.3, 0.4) is 0 Å². The summed E-state index contributed by atoms with van der Waals surface area (Å²) >= 11 is 9.37. The van der Waals surface area contributed by atoms with Crippen molar-refractivity contribution in [1.29, 1.82) is 0 Å². The van der Waals surface area contributed by atoms with Gasteiger partial charge in [0.05, 0.1) is 17.2 Å². The Morgan fingerprint density at radius 3 is 2.30 bits per heavy atom. The molecule has 5 nitrogen and oxygen atoms in total. The van der Waals surface area contributed by atoms with Crippen LogP contribution in [0, 0.1) is 0 Å². The molecule has 0 fully saturated rings. The first kappa shape index (κ1) is 21.4. The molecule has 0 spiro atoms. The third kappa shape index (κ3) is 4.53. The fraction of sp³-hybridized carbons (Fsp3) is 0.0385. The highest BCUT2D eigenvalue weighted by Crippen LogP contribution is 2.27. The highest BCUT2D eigenvalue weighted by atomic mass is 79.9. The fourth-order valence-corrected chi connectivity index (χ4v) is 4.43. The van der Waals surface area contributed by atoms with Crippen LogP contribution in [0.5, 0.6) is 0 Å². The first-order valence-electron chi connectivity index (χ1n) is 10.3. The third-order valence-electron chi connectivity index (χ3n) is 5.36. The molecule has 0 radical (unpaired) electrons. The highest BCUT2D eigenvalue weighted by molar-refractivity contribution is 9.10. The SMILES string of the molecule is O=C(N/N=C\c1c2ccccc2cc2ccccc12)c1nn(Cc2ccc(Cl)cc2)cc1Br. The minimum Gasteiger partial charge on any atom is -0.266 e. The Labute approximate surface area is 203 Å². The molecule has 0 bridgehead atoms. The summed E-state index contributed by atoms with van der Waals surface area (Å²) in [7, 11) is 0. The Bertz CT molecular complexity index is 1450. The first-order chi connectivity index (χ1) is 16.1. The summed E-state index contributed by atoms with van der Waals surface area (Å²) < 4.78 is 2.30. The van der Waals surface area contributed by atoms with Gasteiger partial charge in [-0.1, -0.05) is 72.3 Å². The number of fused-ring (bicyclic) bond motifs is 2. The van der Waals surface area contributed by atoms with Gasteiger partial charge in [0.25, 0.3) is 5.91 Å². The molecule has 1 heterocycles. The van der Waals surface area contributed by atoms with E-state index in [4.69, 9.17) is 11.6 Å². The quantitative estimate of drug-likeness (QED) is 0.166. The van der Waals surface area contributed by atoms with E-state index < -0.39 is 5.91 Å². The predicted octanol–water partition coefficient (Wildman–Crippen LogP) is 6.42. The van der Waals surface area contributed by atoms with Gasteiger partial charge in [0.15, 0.2) is 5.69 Å². The monoisotopic (exact) mass is 516 g/mol. The summed E-state index contributed by atoms with van der Waals surface area (Å²) in [6.45, 7) is 0.522. The van der Waals surface area contributed by atoms with Crippen molar-refractivity contribution in [1.82, 2.24) is 15.2 Å². The lowest BCUT2D eigenvalue weighted by molar-refractivity contribution is 0.0948. The van der Waals surface area contributed by atoms with Crippen LogP contribution in [0.2, 0.25) is 5.02 Å². The number of rotatable bonds is 5. The molecule has 1 N–H and O–H groups in total. The molecule has 1 amide bonds. The molecular weight excluding hydrogens is 500 g/mol. The molecule has 4 aromatic carbocycles. The number of carbonyl (C=O) groups excluding carboxylic acids is 1. The maximum atomic E-state index is 12.7. The molecular formula is C26H18BrClN4O. The van der Waals surface area contributed by atoms with Gasteiger partial charge in [0.1, 0.15) is 0 Å². The number of carbonyl (C=O) groups is 1. The zero-order valence-corrected chi connectivity index (χ0v) is 19.7.